The van der Waals surface area contributed by atoms with Gasteiger partial charge in [0.1, 0.15) is 11.8 Å². The van der Waals surface area contributed by atoms with E-state index in [0.717, 1.165) is 26.6 Å². The Morgan fingerprint density at radius 1 is 1.00 bits per heavy atom. The first-order chi connectivity index (χ1) is 14.2. The SMILES string of the molecule is Cc1ccn2c(C#N)c(SCc3ccccc3)c(SC(=O)c3ccccc3)c2c1. The number of benzene rings is 2. The van der Waals surface area contributed by atoms with Crippen LogP contribution in [0.5, 0.6) is 0 Å². The fourth-order valence-corrected chi connectivity index (χ4v) is 5.31. The Hall–Kier alpha value is -2.94. The van der Waals surface area contributed by atoms with Gasteiger partial charge in [-0.15, -0.1) is 11.8 Å². The summed E-state index contributed by atoms with van der Waals surface area (Å²) in [4.78, 5) is 14.6. The quantitative estimate of drug-likeness (QED) is 0.357. The van der Waals surface area contributed by atoms with E-state index in [0.29, 0.717) is 11.3 Å². The van der Waals surface area contributed by atoms with E-state index >= 15 is 0 Å². The average Bonchev–Trinajstić information content (AvgIpc) is 3.05. The Morgan fingerprint density at radius 2 is 1.69 bits per heavy atom. The Balaban J connectivity index is 1.78. The maximum atomic E-state index is 12.9. The predicted molar refractivity (Wildman–Crippen MR) is 119 cm³/mol. The minimum atomic E-state index is -0.0225. The van der Waals surface area contributed by atoms with E-state index in [9.17, 15) is 10.1 Å². The summed E-state index contributed by atoms with van der Waals surface area (Å²) in [5, 5.41) is 9.85. The highest BCUT2D eigenvalue weighted by molar-refractivity contribution is 8.14. The van der Waals surface area contributed by atoms with Crippen molar-refractivity contribution in [2.45, 2.75) is 22.5 Å². The molecule has 29 heavy (non-hydrogen) atoms. The smallest absolute Gasteiger partial charge is 0.224 e. The van der Waals surface area contributed by atoms with Crippen LogP contribution in [0.25, 0.3) is 5.52 Å². The highest BCUT2D eigenvalue weighted by atomic mass is 32.2. The Kier molecular flexibility index (Phi) is 5.75. The van der Waals surface area contributed by atoms with Crippen molar-refractivity contribution < 1.29 is 4.79 Å². The molecule has 0 N–H and O–H groups in total. The van der Waals surface area contributed by atoms with Crippen molar-refractivity contribution in [3.63, 3.8) is 0 Å². The molecule has 0 atom stereocenters. The van der Waals surface area contributed by atoms with Gasteiger partial charge in [-0.25, -0.2) is 0 Å². The third-order valence-corrected chi connectivity index (χ3v) is 6.87. The van der Waals surface area contributed by atoms with Gasteiger partial charge in [0.05, 0.1) is 15.3 Å². The van der Waals surface area contributed by atoms with Crippen molar-refractivity contribution in [1.29, 1.82) is 5.26 Å². The molecule has 3 nitrogen and oxygen atoms in total. The van der Waals surface area contributed by atoms with Crippen LogP contribution in [0.3, 0.4) is 0 Å². The molecule has 2 heterocycles. The lowest BCUT2D eigenvalue weighted by Gasteiger charge is -2.05. The number of thioether (sulfide) groups is 2. The van der Waals surface area contributed by atoms with E-state index in [4.69, 9.17) is 0 Å². The van der Waals surface area contributed by atoms with E-state index < -0.39 is 0 Å². The van der Waals surface area contributed by atoms with Crippen LogP contribution >= 0.6 is 23.5 Å². The second-order valence-corrected chi connectivity index (χ2v) is 8.58. The van der Waals surface area contributed by atoms with Gasteiger partial charge in [0.25, 0.3) is 0 Å². The third-order valence-electron chi connectivity index (χ3n) is 4.54. The fraction of sp³-hybridized carbons (Fsp3) is 0.0833. The molecule has 4 aromatic rings. The van der Waals surface area contributed by atoms with Crippen LogP contribution in [-0.2, 0) is 5.75 Å². The number of pyridine rings is 1. The van der Waals surface area contributed by atoms with Crippen molar-refractivity contribution in [1.82, 2.24) is 4.40 Å². The van der Waals surface area contributed by atoms with Gasteiger partial charge in [-0.05, 0) is 41.9 Å². The van der Waals surface area contributed by atoms with Crippen molar-refractivity contribution in [3.8, 4) is 6.07 Å². The molecule has 0 fully saturated rings. The molecule has 0 unspecified atom stereocenters. The van der Waals surface area contributed by atoms with Gasteiger partial charge < -0.3 is 4.40 Å². The van der Waals surface area contributed by atoms with Crippen molar-refractivity contribution in [3.05, 3.63) is 101 Å². The number of rotatable bonds is 5. The van der Waals surface area contributed by atoms with Gasteiger partial charge in [-0.1, -0.05) is 60.7 Å². The number of carbonyl (C=O) groups excluding carboxylic acids is 1. The molecule has 0 aliphatic rings. The summed E-state index contributed by atoms with van der Waals surface area (Å²) in [6, 6.07) is 25.8. The number of aromatic nitrogens is 1. The molecular formula is C24H18N2OS2. The molecule has 0 spiro atoms. The largest absolute Gasteiger partial charge is 0.306 e. The van der Waals surface area contributed by atoms with Crippen LogP contribution in [0.15, 0.2) is 88.8 Å². The molecule has 4 rings (SSSR count). The summed E-state index contributed by atoms with van der Waals surface area (Å²) in [7, 11) is 0. The van der Waals surface area contributed by atoms with Crippen molar-refractivity contribution in [2.24, 2.45) is 0 Å². The van der Waals surface area contributed by atoms with Gasteiger partial charge in [-0.3, -0.25) is 4.79 Å². The van der Waals surface area contributed by atoms with Crippen LogP contribution in [0.4, 0.5) is 0 Å². The standard InChI is InChI=1S/C24H18N2OS2/c1-17-12-13-26-20(14-17)23(29-24(27)19-10-6-3-7-11-19)22(21(26)15-25)28-16-18-8-4-2-5-9-18/h2-14H,16H2,1H3. The molecule has 2 aromatic carbocycles. The van der Waals surface area contributed by atoms with E-state index in [2.05, 4.69) is 18.2 Å². The van der Waals surface area contributed by atoms with E-state index in [1.54, 1.807) is 11.8 Å². The number of fused-ring (bicyclic) bond motifs is 1. The molecule has 0 aliphatic carbocycles. The first kappa shape index (κ1) is 19.4. The lowest BCUT2D eigenvalue weighted by Crippen LogP contribution is -1.93. The third kappa shape index (κ3) is 4.09. The normalized spacial score (nSPS) is 10.8. The average molecular weight is 415 g/mol. The summed E-state index contributed by atoms with van der Waals surface area (Å²) in [5.74, 6) is 0.735. The highest BCUT2D eigenvalue weighted by Gasteiger charge is 2.22. The Labute approximate surface area is 178 Å². The topological polar surface area (TPSA) is 45.3 Å². The zero-order valence-electron chi connectivity index (χ0n) is 15.8. The first-order valence-electron chi connectivity index (χ1n) is 9.16. The molecule has 0 radical (unpaired) electrons. The number of nitriles is 1. The van der Waals surface area contributed by atoms with Crippen molar-refractivity contribution >= 4 is 34.2 Å². The maximum absolute atomic E-state index is 12.9. The van der Waals surface area contributed by atoms with E-state index in [-0.39, 0.29) is 5.12 Å². The molecule has 0 aliphatic heterocycles. The molecule has 5 heteroatoms. The summed E-state index contributed by atoms with van der Waals surface area (Å²) >= 11 is 2.80. The Bertz CT molecular complexity index is 1210. The molecular weight excluding hydrogens is 396 g/mol. The van der Waals surface area contributed by atoms with Gasteiger partial charge >= 0.3 is 0 Å². The molecule has 0 amide bonds. The van der Waals surface area contributed by atoms with Crippen LogP contribution < -0.4 is 0 Å². The van der Waals surface area contributed by atoms with Gasteiger partial charge in [0.15, 0.2) is 0 Å². The van der Waals surface area contributed by atoms with Crippen LogP contribution in [0, 0.1) is 18.3 Å². The minimum Gasteiger partial charge on any atom is -0.306 e. The molecule has 2 aromatic heterocycles. The van der Waals surface area contributed by atoms with Gasteiger partial charge in [-0.2, -0.15) is 5.26 Å². The van der Waals surface area contributed by atoms with Crippen LogP contribution in [0.2, 0.25) is 0 Å². The zero-order chi connectivity index (χ0) is 20.2. The number of carbonyl (C=O) groups is 1. The number of hydrogen-bond donors (Lipinski definition) is 0. The summed E-state index contributed by atoms with van der Waals surface area (Å²) in [6.07, 6.45) is 1.91. The first-order valence-corrected chi connectivity index (χ1v) is 11.0. The summed E-state index contributed by atoms with van der Waals surface area (Å²) in [6.45, 7) is 2.02. The van der Waals surface area contributed by atoms with Crippen LogP contribution in [-0.4, -0.2) is 9.52 Å². The molecule has 0 bridgehead atoms. The zero-order valence-corrected chi connectivity index (χ0v) is 17.5. The lowest BCUT2D eigenvalue weighted by atomic mass is 10.2. The molecule has 142 valence electrons. The van der Waals surface area contributed by atoms with Gasteiger partial charge in [0.2, 0.25) is 5.12 Å². The highest BCUT2D eigenvalue weighted by Crippen LogP contribution is 2.41. The maximum Gasteiger partial charge on any atom is 0.224 e. The minimum absolute atomic E-state index is 0.0225. The predicted octanol–water partition coefficient (Wildman–Crippen LogP) is 6.34. The second-order valence-electron chi connectivity index (χ2n) is 6.61. The fourth-order valence-electron chi connectivity index (χ4n) is 3.10. The number of hydrogen-bond acceptors (Lipinski definition) is 4. The monoisotopic (exact) mass is 414 g/mol. The van der Waals surface area contributed by atoms with Crippen molar-refractivity contribution in [2.75, 3.05) is 0 Å². The molecule has 0 saturated heterocycles. The van der Waals surface area contributed by atoms with E-state index in [1.165, 1.54) is 17.3 Å². The Morgan fingerprint density at radius 3 is 2.38 bits per heavy atom. The lowest BCUT2D eigenvalue weighted by molar-refractivity contribution is 0.108. The summed E-state index contributed by atoms with van der Waals surface area (Å²) in [5.41, 5.74) is 4.39. The van der Waals surface area contributed by atoms with Crippen LogP contribution in [0.1, 0.15) is 27.2 Å². The number of nitrogens with zero attached hydrogens (tertiary/aromatic N) is 2. The summed E-state index contributed by atoms with van der Waals surface area (Å²) < 4.78 is 1.89. The molecule has 0 saturated carbocycles. The van der Waals surface area contributed by atoms with Gasteiger partial charge in [0, 0.05) is 17.5 Å². The van der Waals surface area contributed by atoms with E-state index in [1.807, 2.05) is 78.2 Å². The number of aryl methyl sites for hydroxylation is 1. The second kappa shape index (κ2) is 8.60.